The Kier molecular flexibility index (Phi) is 12.5. The fraction of sp³-hybridized carbons (Fsp3) is 0.400. The molecule has 14 heteroatoms. The normalized spacial score (nSPS) is 15.5. The van der Waals surface area contributed by atoms with Gasteiger partial charge in [0.25, 0.3) is 5.91 Å². The topological polar surface area (TPSA) is 122 Å². The first-order chi connectivity index (χ1) is 28.9. The molecule has 5 heterocycles. The van der Waals surface area contributed by atoms with Crippen LogP contribution in [-0.4, -0.2) is 129 Å². The van der Waals surface area contributed by atoms with Crippen LogP contribution in [0.25, 0.3) is 11.3 Å². The van der Waals surface area contributed by atoms with Gasteiger partial charge in [0.05, 0.1) is 46.3 Å². The molecule has 0 unspecified atom stereocenters. The summed E-state index contributed by atoms with van der Waals surface area (Å²) in [4.78, 5) is 44.6. The first kappa shape index (κ1) is 40.0. The quantitative estimate of drug-likeness (QED) is 0.143. The van der Waals surface area contributed by atoms with E-state index in [0.29, 0.717) is 63.4 Å². The molecule has 1 amide bonds. The second-order valence-corrected chi connectivity index (χ2v) is 15.2. The number of hydrogen-bond acceptors (Lipinski definition) is 13. The van der Waals surface area contributed by atoms with Crippen LogP contribution in [0, 0.1) is 6.92 Å². The van der Waals surface area contributed by atoms with E-state index in [-0.39, 0.29) is 5.91 Å². The summed E-state index contributed by atoms with van der Waals surface area (Å²) in [5.74, 6) is 3.77. The van der Waals surface area contributed by atoms with E-state index in [1.807, 2.05) is 60.7 Å². The summed E-state index contributed by atoms with van der Waals surface area (Å²) in [6, 6.07) is 22.1. The van der Waals surface area contributed by atoms with Gasteiger partial charge in [-0.2, -0.15) is 4.98 Å². The largest absolute Gasteiger partial charge is 0.497 e. The number of carbonyl (C=O) groups excluding carboxylic acids is 1. The van der Waals surface area contributed by atoms with Gasteiger partial charge in [-0.25, -0.2) is 15.0 Å². The Balaban J connectivity index is 1.07. The van der Waals surface area contributed by atoms with E-state index in [0.717, 1.165) is 102 Å². The van der Waals surface area contributed by atoms with Crippen molar-refractivity contribution >= 4 is 29.3 Å². The number of aromatic nitrogens is 4. The first-order valence-electron chi connectivity index (χ1n) is 20.4. The number of morpholine rings is 2. The molecule has 59 heavy (non-hydrogen) atoms. The van der Waals surface area contributed by atoms with E-state index < -0.39 is 0 Å². The van der Waals surface area contributed by atoms with E-state index in [9.17, 15) is 4.79 Å². The molecular formula is C45H53N9O5. The minimum absolute atomic E-state index is 0.0176. The highest BCUT2D eigenvalue weighted by Gasteiger charge is 2.31. The lowest BCUT2D eigenvalue weighted by molar-refractivity contribution is 0.0338. The number of amides is 1. The molecule has 0 bridgehead atoms. The minimum atomic E-state index is 0.0176. The van der Waals surface area contributed by atoms with Crippen LogP contribution in [0.5, 0.6) is 11.5 Å². The van der Waals surface area contributed by atoms with E-state index in [4.69, 9.17) is 38.9 Å². The minimum Gasteiger partial charge on any atom is -0.497 e. The standard InChI is InChI=1S/C45H53N9O5/c1-32-27-35(43(55)50(2)17-18-51-19-23-58-24-20-51)9-14-40(32)54-16-15-39-41(48-45(49-42(39)54)52-21-25-59-26-22-52)36-28-46-44(47-29-36)53(30-33-5-10-37(56-3)11-6-33)31-34-7-12-38(57-4)13-8-34/h5-14,27-29H,15-26,30-31H2,1-4H3. The van der Waals surface area contributed by atoms with Crippen LogP contribution in [0.15, 0.2) is 79.1 Å². The third kappa shape index (κ3) is 9.25. The number of hydrogen-bond donors (Lipinski definition) is 0. The highest BCUT2D eigenvalue weighted by atomic mass is 16.5. The molecule has 3 aliphatic heterocycles. The maximum atomic E-state index is 13.5. The second-order valence-electron chi connectivity index (χ2n) is 15.2. The van der Waals surface area contributed by atoms with Crippen molar-refractivity contribution in [3.63, 3.8) is 0 Å². The number of ether oxygens (including phenoxy) is 4. The Labute approximate surface area is 346 Å². The van der Waals surface area contributed by atoms with Crippen LogP contribution in [-0.2, 0) is 29.0 Å². The second kappa shape index (κ2) is 18.4. The molecule has 308 valence electrons. The number of nitrogens with zero attached hydrogens (tertiary/aromatic N) is 9. The van der Waals surface area contributed by atoms with Crippen LogP contribution in [0.4, 0.5) is 23.4 Å². The first-order valence-corrected chi connectivity index (χ1v) is 20.4. The van der Waals surface area contributed by atoms with Crippen molar-refractivity contribution in [2.75, 3.05) is 108 Å². The molecule has 0 spiro atoms. The molecule has 5 aromatic rings. The number of rotatable bonds is 14. The van der Waals surface area contributed by atoms with Gasteiger partial charge in [0.15, 0.2) is 0 Å². The number of anilines is 4. The lowest BCUT2D eigenvalue weighted by Gasteiger charge is -2.29. The molecule has 3 aliphatic rings. The Morgan fingerprint density at radius 2 is 1.39 bits per heavy atom. The summed E-state index contributed by atoms with van der Waals surface area (Å²) in [7, 11) is 5.22. The van der Waals surface area contributed by atoms with Crippen LogP contribution >= 0.6 is 0 Å². The zero-order valence-corrected chi connectivity index (χ0v) is 34.5. The molecule has 0 N–H and O–H groups in total. The van der Waals surface area contributed by atoms with Gasteiger partial charge in [0.2, 0.25) is 11.9 Å². The average Bonchev–Trinajstić information content (AvgIpc) is 3.72. The number of likely N-dealkylation sites (N-methyl/N-ethyl adjacent to an activating group) is 1. The molecular weight excluding hydrogens is 747 g/mol. The predicted molar refractivity (Wildman–Crippen MR) is 228 cm³/mol. The molecule has 2 fully saturated rings. The molecule has 8 rings (SSSR count). The predicted octanol–water partition coefficient (Wildman–Crippen LogP) is 5.40. The van der Waals surface area contributed by atoms with E-state index in [1.54, 1.807) is 14.2 Å². The van der Waals surface area contributed by atoms with Crippen molar-refractivity contribution in [2.24, 2.45) is 0 Å². The van der Waals surface area contributed by atoms with Gasteiger partial charge in [0.1, 0.15) is 17.3 Å². The fourth-order valence-corrected chi connectivity index (χ4v) is 7.86. The maximum absolute atomic E-state index is 13.5. The van der Waals surface area contributed by atoms with Gasteiger partial charge in [-0.1, -0.05) is 24.3 Å². The van der Waals surface area contributed by atoms with Crippen molar-refractivity contribution in [3.8, 4) is 22.8 Å². The summed E-state index contributed by atoms with van der Waals surface area (Å²) in [6.07, 6.45) is 4.52. The summed E-state index contributed by atoms with van der Waals surface area (Å²) < 4.78 is 22.0. The van der Waals surface area contributed by atoms with Gasteiger partial charge in [0, 0.05) is 101 Å². The van der Waals surface area contributed by atoms with E-state index in [2.05, 4.69) is 56.9 Å². The summed E-state index contributed by atoms with van der Waals surface area (Å²) >= 11 is 0. The van der Waals surface area contributed by atoms with Crippen LogP contribution in [0.3, 0.4) is 0 Å². The lowest BCUT2D eigenvalue weighted by Crippen LogP contribution is -2.41. The van der Waals surface area contributed by atoms with Crippen molar-refractivity contribution < 1.29 is 23.7 Å². The number of fused-ring (bicyclic) bond motifs is 1. The maximum Gasteiger partial charge on any atom is 0.253 e. The van der Waals surface area contributed by atoms with Crippen LogP contribution < -0.4 is 24.2 Å². The highest BCUT2D eigenvalue weighted by Crippen LogP contribution is 2.40. The van der Waals surface area contributed by atoms with E-state index in [1.165, 1.54) is 0 Å². The Bertz CT molecular complexity index is 2140. The van der Waals surface area contributed by atoms with Crippen LogP contribution in [0.1, 0.15) is 32.6 Å². The third-order valence-electron chi connectivity index (χ3n) is 11.3. The van der Waals surface area contributed by atoms with Gasteiger partial charge in [-0.15, -0.1) is 0 Å². The van der Waals surface area contributed by atoms with Crippen molar-refractivity contribution in [3.05, 3.63) is 107 Å². The molecule has 0 saturated carbocycles. The van der Waals surface area contributed by atoms with Crippen molar-refractivity contribution in [1.82, 2.24) is 29.7 Å². The summed E-state index contributed by atoms with van der Waals surface area (Å²) in [5, 5.41) is 0. The van der Waals surface area contributed by atoms with Crippen molar-refractivity contribution in [2.45, 2.75) is 26.4 Å². The van der Waals surface area contributed by atoms with Gasteiger partial charge in [-0.05, 0) is 72.5 Å². The molecule has 2 saturated heterocycles. The summed E-state index contributed by atoms with van der Waals surface area (Å²) in [6.45, 7) is 11.4. The molecule has 3 aromatic carbocycles. The third-order valence-corrected chi connectivity index (χ3v) is 11.3. The number of carbonyl (C=O) groups is 1. The Hall–Kier alpha value is -5.83. The SMILES string of the molecule is COc1ccc(CN(Cc2ccc(OC)cc2)c2ncc(-c3nc(N4CCOCC4)nc4c3CCN4c3ccc(C(=O)N(C)CCN4CCOCC4)cc3C)cn2)cc1. The monoisotopic (exact) mass is 799 g/mol. The van der Waals surface area contributed by atoms with Gasteiger partial charge in [-0.3, -0.25) is 9.69 Å². The lowest BCUT2D eigenvalue weighted by atomic mass is 10.1. The average molecular weight is 800 g/mol. The molecule has 0 aliphatic carbocycles. The molecule has 0 atom stereocenters. The van der Waals surface area contributed by atoms with Gasteiger partial charge >= 0.3 is 0 Å². The smallest absolute Gasteiger partial charge is 0.253 e. The number of aryl methyl sites for hydroxylation is 1. The molecule has 0 radical (unpaired) electrons. The number of methoxy groups -OCH3 is 2. The fourth-order valence-electron chi connectivity index (χ4n) is 7.86. The Morgan fingerprint density at radius 1 is 0.780 bits per heavy atom. The Morgan fingerprint density at radius 3 is 1.98 bits per heavy atom. The summed E-state index contributed by atoms with van der Waals surface area (Å²) in [5.41, 5.74) is 7.64. The molecule has 14 nitrogen and oxygen atoms in total. The number of benzene rings is 3. The van der Waals surface area contributed by atoms with E-state index >= 15 is 0 Å². The highest BCUT2D eigenvalue weighted by molar-refractivity contribution is 5.95. The van der Waals surface area contributed by atoms with Crippen LogP contribution in [0.2, 0.25) is 0 Å². The van der Waals surface area contributed by atoms with Gasteiger partial charge < -0.3 is 38.5 Å². The van der Waals surface area contributed by atoms with Crippen molar-refractivity contribution in [1.29, 1.82) is 0 Å². The zero-order chi connectivity index (χ0) is 40.7. The zero-order valence-electron chi connectivity index (χ0n) is 34.5. The molecule has 2 aromatic heterocycles.